The van der Waals surface area contributed by atoms with Crippen molar-refractivity contribution in [2.75, 3.05) is 0 Å². The topological polar surface area (TPSA) is 84.2 Å². The third-order valence-corrected chi connectivity index (χ3v) is 3.47. The van der Waals surface area contributed by atoms with Crippen molar-refractivity contribution in [2.24, 2.45) is 7.05 Å². The number of carboxylic acids is 1. The molecule has 0 atom stereocenters. The van der Waals surface area contributed by atoms with Crippen LogP contribution in [0, 0.1) is 0 Å². The molecule has 0 fully saturated rings. The molecule has 2 N–H and O–H groups in total. The lowest BCUT2D eigenvalue weighted by Crippen LogP contribution is -2.22. The van der Waals surface area contributed by atoms with Crippen LogP contribution in [-0.4, -0.2) is 26.8 Å². The van der Waals surface area contributed by atoms with Crippen LogP contribution < -0.4 is 5.32 Å². The molecule has 1 heterocycles. The first-order valence-corrected chi connectivity index (χ1v) is 7.62. The average molecular weight is 315 g/mol. The number of nitrogens with zero attached hydrogens (tertiary/aromatic N) is 2. The summed E-state index contributed by atoms with van der Waals surface area (Å²) in [6.45, 7) is 0.413. The van der Waals surface area contributed by atoms with Crippen LogP contribution in [0.1, 0.15) is 31.2 Å². The number of aliphatic carboxylic acids is 1. The van der Waals surface area contributed by atoms with Crippen LogP contribution in [-0.2, 0) is 23.2 Å². The molecule has 0 aliphatic carbocycles. The largest absolute Gasteiger partial charge is 0.481 e. The summed E-state index contributed by atoms with van der Waals surface area (Å²) in [5.41, 5.74) is 2.83. The lowest BCUT2D eigenvalue weighted by atomic mass is 10.1. The molecule has 23 heavy (non-hydrogen) atoms. The van der Waals surface area contributed by atoms with Crippen LogP contribution in [0.3, 0.4) is 0 Å². The Morgan fingerprint density at radius 2 is 1.87 bits per heavy atom. The molecule has 0 saturated carbocycles. The van der Waals surface area contributed by atoms with Gasteiger partial charge in [-0.15, -0.1) is 0 Å². The highest BCUT2D eigenvalue weighted by molar-refractivity contribution is 5.76. The molecule has 6 nitrogen and oxygen atoms in total. The van der Waals surface area contributed by atoms with Gasteiger partial charge in [-0.3, -0.25) is 14.3 Å². The van der Waals surface area contributed by atoms with Gasteiger partial charge >= 0.3 is 5.97 Å². The number of unbranched alkanes of at least 4 members (excludes halogenated alkanes) is 1. The maximum Gasteiger partial charge on any atom is 0.303 e. The zero-order chi connectivity index (χ0) is 16.7. The predicted molar refractivity (Wildman–Crippen MR) is 86.6 cm³/mol. The Kier molecular flexibility index (Phi) is 5.91. The number of aryl methyl sites for hydroxylation is 1. The van der Waals surface area contributed by atoms with E-state index in [4.69, 9.17) is 5.11 Å². The monoisotopic (exact) mass is 315 g/mol. The van der Waals surface area contributed by atoms with Crippen molar-refractivity contribution >= 4 is 11.9 Å². The summed E-state index contributed by atoms with van der Waals surface area (Å²) < 4.78 is 1.73. The summed E-state index contributed by atoms with van der Waals surface area (Å²) in [6.07, 6.45) is 3.44. The molecule has 2 aromatic rings. The minimum atomic E-state index is -0.826. The van der Waals surface area contributed by atoms with Gasteiger partial charge in [0.1, 0.15) is 0 Å². The number of nitrogens with one attached hydrogen (secondary N) is 1. The summed E-state index contributed by atoms with van der Waals surface area (Å²) in [7, 11) is 1.85. The molecule has 2 rings (SSSR count). The third-order valence-electron chi connectivity index (χ3n) is 3.47. The van der Waals surface area contributed by atoms with Gasteiger partial charge in [-0.05, 0) is 12.8 Å². The van der Waals surface area contributed by atoms with Crippen molar-refractivity contribution in [3.63, 3.8) is 0 Å². The van der Waals surface area contributed by atoms with Crippen molar-refractivity contribution in [2.45, 2.75) is 32.2 Å². The van der Waals surface area contributed by atoms with Gasteiger partial charge < -0.3 is 10.4 Å². The number of carbonyl (C=O) groups excluding carboxylic acids is 1. The van der Waals surface area contributed by atoms with Crippen LogP contribution in [0.2, 0.25) is 0 Å². The molecule has 0 saturated heterocycles. The van der Waals surface area contributed by atoms with Crippen LogP contribution >= 0.6 is 0 Å². The summed E-state index contributed by atoms with van der Waals surface area (Å²) in [5.74, 6) is -0.897. The Hall–Kier alpha value is -2.63. The zero-order valence-electron chi connectivity index (χ0n) is 13.2. The highest BCUT2D eigenvalue weighted by Gasteiger charge is 2.11. The van der Waals surface area contributed by atoms with Crippen molar-refractivity contribution in [1.82, 2.24) is 15.1 Å². The molecule has 0 aliphatic heterocycles. The molecule has 6 heteroatoms. The summed E-state index contributed by atoms with van der Waals surface area (Å²) in [6, 6.07) is 9.83. The highest BCUT2D eigenvalue weighted by atomic mass is 16.4. The van der Waals surface area contributed by atoms with Crippen LogP contribution in [0.4, 0.5) is 0 Å². The fourth-order valence-electron chi connectivity index (χ4n) is 2.35. The van der Waals surface area contributed by atoms with Gasteiger partial charge in [0.05, 0.1) is 5.69 Å². The lowest BCUT2D eigenvalue weighted by molar-refractivity contribution is -0.137. The van der Waals surface area contributed by atoms with E-state index in [2.05, 4.69) is 10.4 Å². The molecule has 0 radical (unpaired) electrons. The van der Waals surface area contributed by atoms with Gasteiger partial charge in [-0.25, -0.2) is 0 Å². The fourth-order valence-corrected chi connectivity index (χ4v) is 2.35. The highest BCUT2D eigenvalue weighted by Crippen LogP contribution is 2.21. The molecular formula is C17H21N3O3. The Balaban J connectivity index is 1.89. The Morgan fingerprint density at radius 3 is 2.57 bits per heavy atom. The molecule has 122 valence electrons. The number of carboxylic acid groups (broad SMARTS) is 1. The lowest BCUT2D eigenvalue weighted by Gasteiger charge is -2.05. The number of aromatic nitrogens is 2. The molecule has 0 spiro atoms. The predicted octanol–water partition coefficient (Wildman–Crippen LogP) is 2.35. The van der Waals surface area contributed by atoms with Crippen LogP contribution in [0.25, 0.3) is 11.3 Å². The first-order valence-electron chi connectivity index (χ1n) is 7.62. The van der Waals surface area contributed by atoms with E-state index in [1.807, 2.05) is 43.6 Å². The van der Waals surface area contributed by atoms with Gasteiger partial charge in [0, 0.05) is 43.8 Å². The quantitative estimate of drug-likeness (QED) is 0.732. The molecule has 1 aromatic heterocycles. The van der Waals surface area contributed by atoms with E-state index >= 15 is 0 Å². The van der Waals surface area contributed by atoms with Gasteiger partial charge in [0.25, 0.3) is 0 Å². The minimum Gasteiger partial charge on any atom is -0.481 e. The molecule has 0 bridgehead atoms. The molecule has 1 aromatic carbocycles. The zero-order valence-corrected chi connectivity index (χ0v) is 13.2. The maximum absolute atomic E-state index is 11.8. The summed E-state index contributed by atoms with van der Waals surface area (Å²) in [5, 5.41) is 15.9. The Bertz CT molecular complexity index is 665. The number of hydrogen-bond acceptors (Lipinski definition) is 3. The van der Waals surface area contributed by atoms with Gasteiger partial charge in [0.15, 0.2) is 0 Å². The maximum atomic E-state index is 11.8. The van der Waals surface area contributed by atoms with Crippen molar-refractivity contribution in [1.29, 1.82) is 0 Å². The number of carbonyl (C=O) groups is 2. The summed E-state index contributed by atoms with van der Waals surface area (Å²) in [4.78, 5) is 22.2. The van der Waals surface area contributed by atoms with Crippen molar-refractivity contribution in [3.05, 3.63) is 42.1 Å². The van der Waals surface area contributed by atoms with E-state index in [9.17, 15) is 9.59 Å². The van der Waals surface area contributed by atoms with Gasteiger partial charge in [0.2, 0.25) is 5.91 Å². The third kappa shape index (κ3) is 5.25. The van der Waals surface area contributed by atoms with E-state index < -0.39 is 5.97 Å². The molecular weight excluding hydrogens is 294 g/mol. The normalized spacial score (nSPS) is 10.5. The average Bonchev–Trinajstić information content (AvgIpc) is 2.91. The standard InChI is InChI=1S/C17H21N3O3/c1-20-12-14(17(19-20)13-7-3-2-4-8-13)11-18-15(21)9-5-6-10-16(22)23/h2-4,7-8,12H,5-6,9-11H2,1H3,(H,18,21)(H,22,23). The van der Waals surface area contributed by atoms with Gasteiger partial charge in [-0.1, -0.05) is 30.3 Å². The van der Waals surface area contributed by atoms with Gasteiger partial charge in [-0.2, -0.15) is 5.10 Å². The van der Waals surface area contributed by atoms with Crippen LogP contribution in [0.15, 0.2) is 36.5 Å². The molecule has 0 unspecified atom stereocenters. The Morgan fingerprint density at radius 1 is 1.17 bits per heavy atom. The number of benzene rings is 1. The van der Waals surface area contributed by atoms with E-state index in [0.717, 1.165) is 16.8 Å². The second-order valence-electron chi connectivity index (χ2n) is 5.42. The van der Waals surface area contributed by atoms with E-state index in [-0.39, 0.29) is 12.3 Å². The second-order valence-corrected chi connectivity index (χ2v) is 5.42. The fraction of sp³-hybridized carbons (Fsp3) is 0.353. The first-order chi connectivity index (χ1) is 11.1. The smallest absolute Gasteiger partial charge is 0.303 e. The Labute approximate surface area is 135 Å². The molecule has 0 aliphatic rings. The number of hydrogen-bond donors (Lipinski definition) is 2. The van der Waals surface area contributed by atoms with E-state index in [1.54, 1.807) is 4.68 Å². The summed E-state index contributed by atoms with van der Waals surface area (Å²) >= 11 is 0. The van der Waals surface area contributed by atoms with Crippen molar-refractivity contribution in [3.8, 4) is 11.3 Å². The minimum absolute atomic E-state index is 0.0711. The van der Waals surface area contributed by atoms with E-state index in [1.165, 1.54) is 0 Å². The number of amides is 1. The first kappa shape index (κ1) is 16.7. The second kappa shape index (κ2) is 8.12. The van der Waals surface area contributed by atoms with Crippen LogP contribution in [0.5, 0.6) is 0 Å². The van der Waals surface area contributed by atoms with Crippen molar-refractivity contribution < 1.29 is 14.7 Å². The number of rotatable bonds is 8. The molecule has 1 amide bonds. The SMILES string of the molecule is Cn1cc(CNC(=O)CCCCC(=O)O)c(-c2ccccc2)n1. The van der Waals surface area contributed by atoms with E-state index in [0.29, 0.717) is 25.8 Å².